The van der Waals surface area contributed by atoms with Crippen LogP contribution in [-0.2, 0) is 15.0 Å². The Morgan fingerprint density at radius 2 is 1.89 bits per heavy atom. The first-order chi connectivity index (χ1) is 13.0. The molecule has 1 spiro atoms. The van der Waals surface area contributed by atoms with Crippen LogP contribution in [0, 0.1) is 5.92 Å². The van der Waals surface area contributed by atoms with Crippen LogP contribution in [0.3, 0.4) is 0 Å². The van der Waals surface area contributed by atoms with Crippen LogP contribution in [0.2, 0.25) is 0 Å². The van der Waals surface area contributed by atoms with Gasteiger partial charge in [-0.2, -0.15) is 0 Å². The molecule has 0 unspecified atom stereocenters. The first-order valence-corrected chi connectivity index (χ1v) is 10.7. The van der Waals surface area contributed by atoms with Crippen molar-refractivity contribution in [3.05, 3.63) is 35.4 Å². The third-order valence-electron chi connectivity index (χ3n) is 7.72. The lowest BCUT2D eigenvalue weighted by molar-refractivity contribution is -0.142. The largest absolute Gasteiger partial charge is 0.351 e. The van der Waals surface area contributed by atoms with Crippen molar-refractivity contribution in [2.75, 3.05) is 13.1 Å². The minimum absolute atomic E-state index is 0.0465. The highest BCUT2D eigenvalue weighted by Crippen LogP contribution is 2.48. The molecular weight excluding hydrogens is 336 g/mol. The average Bonchev–Trinajstić information content (AvgIpc) is 3.29. The van der Waals surface area contributed by atoms with E-state index < -0.39 is 0 Å². The molecule has 1 aromatic carbocycles. The Morgan fingerprint density at radius 1 is 1.15 bits per heavy atom. The zero-order valence-electron chi connectivity index (χ0n) is 16.3. The minimum Gasteiger partial charge on any atom is -0.351 e. The zero-order valence-corrected chi connectivity index (χ0v) is 16.3. The molecule has 4 nitrogen and oxygen atoms in total. The molecular formula is C23H30N2O2. The second kappa shape index (κ2) is 6.08. The number of piperidine rings is 1. The smallest absolute Gasteiger partial charge is 0.225 e. The number of benzene rings is 1. The van der Waals surface area contributed by atoms with Gasteiger partial charge < -0.3 is 10.2 Å². The van der Waals surface area contributed by atoms with Crippen molar-refractivity contribution in [3.8, 4) is 0 Å². The SMILES string of the molecule is CC1(c2cccc(C3CCN(C(=O)C4CC5(CCC(=O)N5)C4)CC3)c2)CC1. The van der Waals surface area contributed by atoms with Crippen LogP contribution in [0.25, 0.3) is 0 Å². The predicted octanol–water partition coefficient (Wildman–Crippen LogP) is 3.50. The molecule has 27 heavy (non-hydrogen) atoms. The first-order valence-electron chi connectivity index (χ1n) is 10.7. The van der Waals surface area contributed by atoms with Gasteiger partial charge in [-0.1, -0.05) is 31.2 Å². The van der Waals surface area contributed by atoms with Gasteiger partial charge in [-0.15, -0.1) is 0 Å². The quantitative estimate of drug-likeness (QED) is 0.890. The minimum atomic E-state index is -0.0465. The maximum Gasteiger partial charge on any atom is 0.225 e. The van der Waals surface area contributed by atoms with E-state index in [0.717, 1.165) is 45.2 Å². The average molecular weight is 367 g/mol. The van der Waals surface area contributed by atoms with Gasteiger partial charge in [0.2, 0.25) is 11.8 Å². The van der Waals surface area contributed by atoms with Gasteiger partial charge >= 0.3 is 0 Å². The van der Waals surface area contributed by atoms with Crippen LogP contribution in [0.4, 0.5) is 0 Å². The molecule has 4 aliphatic rings. The molecule has 4 heteroatoms. The molecule has 2 heterocycles. The van der Waals surface area contributed by atoms with Gasteiger partial charge in [0.25, 0.3) is 0 Å². The molecule has 1 N–H and O–H groups in total. The molecule has 2 aliphatic carbocycles. The third-order valence-corrected chi connectivity index (χ3v) is 7.72. The maximum absolute atomic E-state index is 12.9. The van der Waals surface area contributed by atoms with E-state index in [0.29, 0.717) is 23.7 Å². The Kier molecular flexibility index (Phi) is 3.89. The highest BCUT2D eigenvalue weighted by atomic mass is 16.2. The second-order valence-electron chi connectivity index (χ2n) is 9.72. The van der Waals surface area contributed by atoms with Crippen molar-refractivity contribution >= 4 is 11.8 Å². The molecule has 1 aromatic rings. The van der Waals surface area contributed by atoms with E-state index in [1.165, 1.54) is 24.0 Å². The Hall–Kier alpha value is -1.84. The van der Waals surface area contributed by atoms with Crippen molar-refractivity contribution in [1.82, 2.24) is 10.2 Å². The molecule has 4 fully saturated rings. The van der Waals surface area contributed by atoms with Gasteiger partial charge in [0.15, 0.2) is 0 Å². The standard InChI is InChI=1S/C23H30N2O2/c1-22(9-10-22)19-4-2-3-17(13-19)16-6-11-25(12-7-16)21(27)18-14-23(15-18)8-5-20(26)24-23/h2-4,13,16,18H,5-12,14-15H2,1H3,(H,24,26). The Balaban J connectivity index is 1.16. The van der Waals surface area contributed by atoms with E-state index in [2.05, 4.69) is 41.4 Å². The number of rotatable bonds is 3. The highest BCUT2D eigenvalue weighted by molar-refractivity contribution is 5.83. The van der Waals surface area contributed by atoms with Crippen LogP contribution < -0.4 is 5.32 Å². The van der Waals surface area contributed by atoms with E-state index in [4.69, 9.17) is 0 Å². The molecule has 0 atom stereocenters. The summed E-state index contributed by atoms with van der Waals surface area (Å²) in [5.74, 6) is 1.18. The van der Waals surface area contributed by atoms with E-state index in [1.807, 2.05) is 0 Å². The fraction of sp³-hybridized carbons (Fsp3) is 0.652. The van der Waals surface area contributed by atoms with E-state index in [-0.39, 0.29) is 17.4 Å². The van der Waals surface area contributed by atoms with Crippen molar-refractivity contribution in [1.29, 1.82) is 0 Å². The molecule has 2 aliphatic heterocycles. The number of likely N-dealkylation sites (tertiary alicyclic amines) is 1. The topological polar surface area (TPSA) is 49.4 Å². The van der Waals surface area contributed by atoms with Crippen LogP contribution in [0.15, 0.2) is 24.3 Å². The zero-order chi connectivity index (χ0) is 18.6. The summed E-state index contributed by atoms with van der Waals surface area (Å²) in [6, 6.07) is 9.20. The monoisotopic (exact) mass is 366 g/mol. The van der Waals surface area contributed by atoms with Gasteiger partial charge in [0, 0.05) is 31.0 Å². The van der Waals surface area contributed by atoms with Gasteiger partial charge in [-0.25, -0.2) is 0 Å². The van der Waals surface area contributed by atoms with Gasteiger partial charge in [-0.3, -0.25) is 9.59 Å². The Bertz CT molecular complexity index is 768. The van der Waals surface area contributed by atoms with Crippen molar-refractivity contribution < 1.29 is 9.59 Å². The van der Waals surface area contributed by atoms with Crippen LogP contribution in [-0.4, -0.2) is 35.3 Å². The second-order valence-corrected chi connectivity index (χ2v) is 9.72. The number of amides is 2. The summed E-state index contributed by atoms with van der Waals surface area (Å²) >= 11 is 0. The van der Waals surface area contributed by atoms with Crippen LogP contribution in [0.5, 0.6) is 0 Å². The molecule has 2 saturated heterocycles. The summed E-state index contributed by atoms with van der Waals surface area (Å²) in [6.45, 7) is 4.12. The van der Waals surface area contributed by atoms with Gasteiger partial charge in [-0.05, 0) is 67.4 Å². The molecule has 144 valence electrons. The number of carbonyl (C=O) groups excluding carboxylic acids is 2. The van der Waals surface area contributed by atoms with E-state index in [1.54, 1.807) is 0 Å². The Morgan fingerprint density at radius 3 is 2.52 bits per heavy atom. The first kappa shape index (κ1) is 17.3. The fourth-order valence-corrected chi connectivity index (χ4v) is 5.47. The summed E-state index contributed by atoms with van der Waals surface area (Å²) < 4.78 is 0. The summed E-state index contributed by atoms with van der Waals surface area (Å²) in [4.78, 5) is 26.4. The van der Waals surface area contributed by atoms with Crippen LogP contribution in [0.1, 0.15) is 75.3 Å². The summed E-state index contributed by atoms with van der Waals surface area (Å²) in [5.41, 5.74) is 3.33. The fourth-order valence-electron chi connectivity index (χ4n) is 5.47. The lowest BCUT2D eigenvalue weighted by atomic mass is 9.67. The predicted molar refractivity (Wildman–Crippen MR) is 104 cm³/mol. The number of hydrogen-bond acceptors (Lipinski definition) is 2. The molecule has 0 bridgehead atoms. The van der Waals surface area contributed by atoms with E-state index in [9.17, 15) is 9.59 Å². The van der Waals surface area contributed by atoms with Crippen LogP contribution >= 0.6 is 0 Å². The maximum atomic E-state index is 12.9. The Labute approximate surface area is 161 Å². The third kappa shape index (κ3) is 3.07. The van der Waals surface area contributed by atoms with E-state index >= 15 is 0 Å². The lowest BCUT2D eigenvalue weighted by Gasteiger charge is -2.46. The number of nitrogens with zero attached hydrogens (tertiary/aromatic N) is 1. The van der Waals surface area contributed by atoms with Gasteiger partial charge in [0.1, 0.15) is 0 Å². The highest BCUT2D eigenvalue weighted by Gasteiger charge is 2.51. The normalized spacial score (nSPS) is 32.3. The van der Waals surface area contributed by atoms with Crippen molar-refractivity contribution in [2.45, 2.75) is 75.2 Å². The molecule has 2 saturated carbocycles. The molecule has 0 radical (unpaired) electrons. The molecule has 0 aromatic heterocycles. The number of carbonyl (C=O) groups is 2. The summed E-state index contributed by atoms with van der Waals surface area (Å²) in [7, 11) is 0. The lowest BCUT2D eigenvalue weighted by Crippen LogP contribution is -2.57. The summed E-state index contributed by atoms with van der Waals surface area (Å²) in [5, 5.41) is 3.10. The molecule has 5 rings (SSSR count). The number of hydrogen-bond donors (Lipinski definition) is 1. The van der Waals surface area contributed by atoms with Crippen molar-refractivity contribution in [2.24, 2.45) is 5.92 Å². The van der Waals surface area contributed by atoms with Crippen molar-refractivity contribution in [3.63, 3.8) is 0 Å². The van der Waals surface area contributed by atoms with Gasteiger partial charge in [0.05, 0.1) is 0 Å². The number of nitrogens with one attached hydrogen (secondary N) is 1. The molecule has 2 amide bonds. The summed E-state index contributed by atoms with van der Waals surface area (Å²) in [6.07, 6.45) is 7.99.